The monoisotopic (exact) mass is 211 g/mol. The van der Waals surface area contributed by atoms with E-state index in [1.165, 1.54) is 0 Å². The second-order valence-corrected chi connectivity index (χ2v) is 4.38. The lowest BCUT2D eigenvalue weighted by molar-refractivity contribution is -0.143. The summed E-state index contributed by atoms with van der Waals surface area (Å²) >= 11 is 1.63. The third-order valence-corrected chi connectivity index (χ3v) is 3.47. The van der Waals surface area contributed by atoms with Crippen molar-refractivity contribution in [2.75, 3.05) is 13.1 Å². The average Bonchev–Trinajstić information content (AvgIpc) is 2.70. The summed E-state index contributed by atoms with van der Waals surface area (Å²) in [6, 6.07) is 2.03. The Balaban J connectivity index is 2.18. The molecule has 14 heavy (non-hydrogen) atoms. The van der Waals surface area contributed by atoms with Gasteiger partial charge in [0.25, 0.3) is 0 Å². The molecule has 1 aliphatic rings. The molecule has 2 unspecified atom stereocenters. The highest BCUT2D eigenvalue weighted by molar-refractivity contribution is 7.08. The lowest BCUT2D eigenvalue weighted by Gasteiger charge is -2.28. The Hall–Kier alpha value is -0.870. The smallest absolute Gasteiger partial charge is 0.307 e. The standard InChI is InChI=1S/C10H13NO2S/c12-10(13)8-1-3-11-5-9(8)7-2-4-14-6-7/h2,4,6,8-9,11H,1,3,5H2,(H,12,13). The number of thiophene rings is 1. The molecule has 76 valence electrons. The Bertz CT molecular complexity index is 310. The number of carboxylic acids is 1. The molecule has 0 saturated carbocycles. The van der Waals surface area contributed by atoms with E-state index in [9.17, 15) is 4.79 Å². The highest BCUT2D eigenvalue weighted by Crippen LogP contribution is 2.30. The van der Waals surface area contributed by atoms with Gasteiger partial charge in [0.15, 0.2) is 0 Å². The first kappa shape index (κ1) is 9.68. The molecule has 1 fully saturated rings. The van der Waals surface area contributed by atoms with Gasteiger partial charge in [0.05, 0.1) is 5.92 Å². The molecule has 1 aromatic heterocycles. The minimum atomic E-state index is -0.664. The number of aliphatic carboxylic acids is 1. The fourth-order valence-corrected chi connectivity index (χ4v) is 2.72. The zero-order valence-corrected chi connectivity index (χ0v) is 8.59. The van der Waals surface area contributed by atoms with Gasteiger partial charge < -0.3 is 10.4 Å². The molecule has 2 atom stereocenters. The Labute approximate surface area is 86.8 Å². The summed E-state index contributed by atoms with van der Waals surface area (Å²) in [5, 5.41) is 16.4. The second kappa shape index (κ2) is 4.11. The molecule has 0 aliphatic carbocycles. The van der Waals surface area contributed by atoms with E-state index in [1.54, 1.807) is 11.3 Å². The average molecular weight is 211 g/mol. The molecule has 0 amide bonds. The fraction of sp³-hybridized carbons (Fsp3) is 0.500. The highest BCUT2D eigenvalue weighted by atomic mass is 32.1. The van der Waals surface area contributed by atoms with Gasteiger partial charge in [-0.1, -0.05) is 0 Å². The van der Waals surface area contributed by atoms with Crippen molar-refractivity contribution in [3.05, 3.63) is 22.4 Å². The molecule has 0 radical (unpaired) electrons. The number of carboxylic acid groups (broad SMARTS) is 1. The quantitative estimate of drug-likeness (QED) is 0.780. The topological polar surface area (TPSA) is 49.3 Å². The van der Waals surface area contributed by atoms with Crippen molar-refractivity contribution in [1.82, 2.24) is 5.32 Å². The van der Waals surface area contributed by atoms with Crippen LogP contribution in [-0.4, -0.2) is 24.2 Å². The van der Waals surface area contributed by atoms with Crippen LogP contribution in [0.4, 0.5) is 0 Å². The number of piperidine rings is 1. The second-order valence-electron chi connectivity index (χ2n) is 3.60. The van der Waals surface area contributed by atoms with Gasteiger partial charge in [0.1, 0.15) is 0 Å². The molecule has 2 heterocycles. The molecule has 1 aliphatic heterocycles. The summed E-state index contributed by atoms with van der Waals surface area (Å²) in [6.45, 7) is 1.60. The number of nitrogens with one attached hydrogen (secondary N) is 1. The SMILES string of the molecule is O=C(O)C1CCNCC1c1ccsc1. The van der Waals surface area contributed by atoms with Crippen LogP contribution >= 0.6 is 11.3 Å². The van der Waals surface area contributed by atoms with E-state index in [0.29, 0.717) is 0 Å². The lowest BCUT2D eigenvalue weighted by atomic mass is 9.83. The minimum Gasteiger partial charge on any atom is -0.481 e. The van der Waals surface area contributed by atoms with Gasteiger partial charge in [-0.05, 0) is 35.4 Å². The van der Waals surface area contributed by atoms with Crippen LogP contribution in [0.2, 0.25) is 0 Å². The zero-order chi connectivity index (χ0) is 9.97. The third-order valence-electron chi connectivity index (χ3n) is 2.77. The molecule has 3 nitrogen and oxygen atoms in total. The largest absolute Gasteiger partial charge is 0.481 e. The summed E-state index contributed by atoms with van der Waals surface area (Å²) in [5.74, 6) is -0.735. The van der Waals surface area contributed by atoms with Gasteiger partial charge >= 0.3 is 5.97 Å². The van der Waals surface area contributed by atoms with Crippen molar-refractivity contribution in [2.24, 2.45) is 5.92 Å². The molecule has 1 aromatic rings. The Morgan fingerprint density at radius 3 is 3.14 bits per heavy atom. The first-order valence-electron chi connectivity index (χ1n) is 4.74. The summed E-state index contributed by atoms with van der Waals surface area (Å²) in [7, 11) is 0. The Morgan fingerprint density at radius 1 is 1.64 bits per heavy atom. The molecule has 1 saturated heterocycles. The summed E-state index contributed by atoms with van der Waals surface area (Å²) in [6.07, 6.45) is 0.732. The normalized spacial score (nSPS) is 27.4. The van der Waals surface area contributed by atoms with Gasteiger partial charge in [-0.2, -0.15) is 11.3 Å². The van der Waals surface area contributed by atoms with Crippen molar-refractivity contribution in [1.29, 1.82) is 0 Å². The lowest BCUT2D eigenvalue weighted by Crippen LogP contribution is -2.38. The van der Waals surface area contributed by atoms with Gasteiger partial charge in [0, 0.05) is 12.5 Å². The van der Waals surface area contributed by atoms with Crippen LogP contribution in [0.5, 0.6) is 0 Å². The fourth-order valence-electron chi connectivity index (χ4n) is 1.99. The zero-order valence-electron chi connectivity index (χ0n) is 7.77. The van der Waals surface area contributed by atoms with Gasteiger partial charge in [-0.25, -0.2) is 0 Å². The van der Waals surface area contributed by atoms with Crippen LogP contribution in [0.3, 0.4) is 0 Å². The molecular weight excluding hydrogens is 198 g/mol. The third kappa shape index (κ3) is 1.81. The molecule has 4 heteroatoms. The van der Waals surface area contributed by atoms with Crippen molar-refractivity contribution < 1.29 is 9.90 Å². The Morgan fingerprint density at radius 2 is 2.50 bits per heavy atom. The number of carbonyl (C=O) groups is 1. The van der Waals surface area contributed by atoms with E-state index in [2.05, 4.69) is 5.32 Å². The molecule has 2 rings (SSSR count). The van der Waals surface area contributed by atoms with E-state index in [1.807, 2.05) is 16.8 Å². The van der Waals surface area contributed by atoms with Crippen LogP contribution in [0.1, 0.15) is 17.9 Å². The van der Waals surface area contributed by atoms with Gasteiger partial charge in [-0.15, -0.1) is 0 Å². The van der Waals surface area contributed by atoms with E-state index in [0.717, 1.165) is 25.1 Å². The Kier molecular flexibility index (Phi) is 2.84. The summed E-state index contributed by atoms with van der Waals surface area (Å²) in [4.78, 5) is 11.0. The van der Waals surface area contributed by atoms with Crippen molar-refractivity contribution in [2.45, 2.75) is 12.3 Å². The van der Waals surface area contributed by atoms with E-state index >= 15 is 0 Å². The molecule has 0 bridgehead atoms. The number of hydrogen-bond acceptors (Lipinski definition) is 3. The van der Waals surface area contributed by atoms with Gasteiger partial charge in [0.2, 0.25) is 0 Å². The van der Waals surface area contributed by atoms with Crippen molar-refractivity contribution in [3.8, 4) is 0 Å². The summed E-state index contributed by atoms with van der Waals surface area (Å²) in [5.41, 5.74) is 1.16. The number of hydrogen-bond donors (Lipinski definition) is 2. The first-order valence-corrected chi connectivity index (χ1v) is 5.69. The van der Waals surface area contributed by atoms with Crippen LogP contribution < -0.4 is 5.32 Å². The van der Waals surface area contributed by atoms with Crippen molar-refractivity contribution in [3.63, 3.8) is 0 Å². The van der Waals surface area contributed by atoms with E-state index in [-0.39, 0.29) is 11.8 Å². The molecule has 0 spiro atoms. The maximum absolute atomic E-state index is 11.0. The molecule has 2 N–H and O–H groups in total. The highest BCUT2D eigenvalue weighted by Gasteiger charge is 2.31. The number of rotatable bonds is 2. The summed E-state index contributed by atoms with van der Waals surface area (Å²) < 4.78 is 0. The van der Waals surface area contributed by atoms with Gasteiger partial charge in [-0.3, -0.25) is 4.79 Å². The first-order chi connectivity index (χ1) is 6.79. The predicted octanol–water partition coefficient (Wildman–Crippen LogP) is 1.53. The predicted molar refractivity (Wildman–Crippen MR) is 55.7 cm³/mol. The molecule has 0 aromatic carbocycles. The van der Waals surface area contributed by atoms with Crippen LogP contribution in [0.25, 0.3) is 0 Å². The minimum absolute atomic E-state index is 0.146. The van der Waals surface area contributed by atoms with Crippen LogP contribution in [0, 0.1) is 5.92 Å². The maximum Gasteiger partial charge on any atom is 0.307 e. The van der Waals surface area contributed by atoms with Crippen molar-refractivity contribution >= 4 is 17.3 Å². The van der Waals surface area contributed by atoms with E-state index in [4.69, 9.17) is 5.11 Å². The van der Waals surface area contributed by atoms with Crippen LogP contribution in [0.15, 0.2) is 16.8 Å². The van der Waals surface area contributed by atoms with Crippen LogP contribution in [-0.2, 0) is 4.79 Å². The van der Waals surface area contributed by atoms with E-state index < -0.39 is 5.97 Å². The molecular formula is C10H13NO2S. The maximum atomic E-state index is 11.0.